The number of H-pyrrole nitrogens is 2. The van der Waals surface area contributed by atoms with E-state index in [2.05, 4.69) is 83.6 Å². The number of primary amides is 2. The minimum atomic E-state index is -1.95. The van der Waals surface area contributed by atoms with E-state index in [1.54, 1.807) is 48.7 Å². The number of carboxylic acids is 2. The van der Waals surface area contributed by atoms with E-state index < -0.39 is 273 Å². The second-order valence-electron chi connectivity index (χ2n) is 34.4. The summed E-state index contributed by atoms with van der Waals surface area (Å²) in [5, 5.41) is 94.1. The quantitative estimate of drug-likeness (QED) is 0.0239. The summed E-state index contributed by atoms with van der Waals surface area (Å²) in [6.07, 6.45) is -0.556. The zero-order chi connectivity index (χ0) is 100. The number of rotatable bonds is 27. The minimum Gasteiger partial charge on any atom is -0.508 e. The molecule has 0 unspecified atom stereocenters. The van der Waals surface area contributed by atoms with Crippen LogP contribution in [0.2, 0.25) is 0 Å². The number of carboxylic acid groups (broad SMARTS) is 2. The van der Waals surface area contributed by atoms with Crippen molar-refractivity contribution >= 4 is 140 Å². The van der Waals surface area contributed by atoms with E-state index in [-0.39, 0.29) is 68.8 Å². The molecular formula is C91H119N23O23S. The summed E-state index contributed by atoms with van der Waals surface area (Å²) in [4.78, 5) is 274. The van der Waals surface area contributed by atoms with Crippen molar-refractivity contribution in [2.45, 2.75) is 233 Å². The van der Waals surface area contributed by atoms with Crippen molar-refractivity contribution in [1.29, 1.82) is 0 Å². The molecule has 0 aliphatic carbocycles. The van der Waals surface area contributed by atoms with E-state index in [0.717, 1.165) is 32.0 Å². The number of hydrogen-bond acceptors (Lipinski definition) is 26. The van der Waals surface area contributed by atoms with Gasteiger partial charge in [0, 0.05) is 107 Å². The number of imidazole rings is 1. The van der Waals surface area contributed by atoms with Gasteiger partial charge in [-0.05, 0) is 102 Å². The standard InChI is InChI=1S/C91H119N23O23S/c1-6-8-10-24-69-85(131)99-60(31-33-76(121)122)81(127)106-68(80(126)96-43-74(93)119)46-138-47-75(120)98-65(35-50-26-28-55(116)29-27-50)88(134)110(4)49(3)79(125)104-66(40-77(123)124)90(136)112-34-16-25-70(112)86(132)103-64(38-54-42-94-48-97-54)83(129)100-61(30-32-73(92)118)89(135)113-44-56(117)39-72(113)87(133)102-63(37-53-41-95-59-22-14-13-21-58(53)59)82(128)105-67(45-115)84(130)101-62(36-52-19-15-18-51-17-11-12-20-57(51)52)78-107-108-109-114(78)71(23-9-7-2)91(137)111(69)5/h11-15,17-22,26-29,41-42,48-49,56,60-72,95,115-117H,6-10,16,23-25,30-40,43-47H2,1-5H3,(H2,92,118)(H2,93,119)(H,94,97)(H,96,126)(H,98,120)(H,99,131)(H,100,129)(H,101,130)(H,102,133)(H,103,132)(H,104,125)(H,105,128)(H,106,127)(H,121,122)(H,123,124)/t49-,56+,60-,61-,62-,63-,64-,65-,66-,67-,68-,69-,70-,71-,72-/m0/s1. The van der Waals surface area contributed by atoms with Gasteiger partial charge >= 0.3 is 11.9 Å². The summed E-state index contributed by atoms with van der Waals surface area (Å²) in [6.45, 7) is 2.25. The Hall–Kier alpha value is -14.5. The molecule has 138 heavy (non-hydrogen) atoms. The zero-order valence-electron chi connectivity index (χ0n) is 76.9. The number of benzene rings is 4. The highest BCUT2D eigenvalue weighted by Gasteiger charge is 2.47. The minimum absolute atomic E-state index is 0.0251. The van der Waals surface area contributed by atoms with Crippen LogP contribution in [-0.2, 0) is 112 Å². The van der Waals surface area contributed by atoms with Crippen molar-refractivity contribution < 1.29 is 112 Å². The number of carbonyl (C=O) groups is 18. The fourth-order valence-corrected chi connectivity index (χ4v) is 17.7. The molecule has 47 heteroatoms. The largest absolute Gasteiger partial charge is 0.508 e. The topological polar surface area (TPSA) is 682 Å². The molecule has 21 N–H and O–H groups in total. The van der Waals surface area contributed by atoms with Gasteiger partial charge in [0.05, 0.1) is 43.8 Å². The Balaban J connectivity index is 1.04. The summed E-state index contributed by atoms with van der Waals surface area (Å²) in [6, 6.07) is 1.81. The predicted molar refractivity (Wildman–Crippen MR) is 494 cm³/mol. The number of aliphatic carboxylic acids is 2. The summed E-state index contributed by atoms with van der Waals surface area (Å²) in [5.41, 5.74) is 13.3. The third-order valence-corrected chi connectivity index (χ3v) is 25.4. The fraction of sp³-hybridized carbons (Fsp3) is 0.495. The molecule has 10 rings (SSSR count). The third-order valence-electron chi connectivity index (χ3n) is 24.4. The lowest BCUT2D eigenvalue weighted by atomic mass is 9.97. The number of aromatic amines is 2. The van der Waals surface area contributed by atoms with Gasteiger partial charge in [-0.2, -0.15) is 0 Å². The van der Waals surface area contributed by atoms with Gasteiger partial charge in [0.25, 0.3) is 0 Å². The SMILES string of the molecule is CCCCC[C@H]1C(=O)N[C@@H](CCC(=O)O)C(=O)N[C@H](C(=O)NCC(N)=O)CSCC(=O)N[C@@H](Cc2ccc(O)cc2)C(=O)N(C)[C@@H](C)C(=O)N[C@@H](CC(=O)O)C(=O)N2CCC[C@H]2C(=O)N[C@@H](Cc2cnc[nH]2)C(=O)N[C@@H](CCC(N)=O)C(=O)N2C[C@H](O)C[C@H]2C(=O)N[C@@H](Cc2c[nH]c3ccccc23)C(=O)N[C@@H](CO)C(=O)N[C@@H](Cc2cccc3ccccc23)c2nnnn2[C@@H](CCCC)C(=O)N1C. The Morgan fingerprint density at radius 1 is 0.551 bits per heavy atom. The van der Waals surface area contributed by atoms with Gasteiger partial charge in [-0.15, -0.1) is 16.9 Å². The van der Waals surface area contributed by atoms with Crippen molar-refractivity contribution in [2.75, 3.05) is 51.8 Å². The molecule has 0 radical (unpaired) electrons. The van der Waals surface area contributed by atoms with Crippen LogP contribution in [0.1, 0.15) is 157 Å². The molecule has 6 heterocycles. The van der Waals surface area contributed by atoms with Crippen molar-refractivity contribution in [3.63, 3.8) is 0 Å². The summed E-state index contributed by atoms with van der Waals surface area (Å²) in [5.74, 6) is -20.9. The summed E-state index contributed by atoms with van der Waals surface area (Å²) in [7, 11) is 2.48. The number of aliphatic hydroxyl groups is 2. The lowest BCUT2D eigenvalue weighted by Gasteiger charge is -2.32. The first kappa shape index (κ1) is 106. The molecule has 7 aromatic rings. The van der Waals surface area contributed by atoms with Crippen LogP contribution in [0.5, 0.6) is 5.75 Å². The van der Waals surface area contributed by atoms with Crippen LogP contribution in [0.4, 0.5) is 0 Å². The molecule has 0 bridgehead atoms. The number of nitrogens with one attached hydrogen (secondary N) is 12. The van der Waals surface area contributed by atoms with Crippen LogP contribution in [0.25, 0.3) is 21.7 Å². The van der Waals surface area contributed by atoms with Crippen molar-refractivity contribution in [2.24, 2.45) is 11.5 Å². The number of aromatic nitrogens is 7. The van der Waals surface area contributed by atoms with Gasteiger partial charge in [-0.3, -0.25) is 86.3 Å². The molecular weight excluding hydrogens is 1820 g/mol. The average molecular weight is 1940 g/mol. The van der Waals surface area contributed by atoms with Crippen molar-refractivity contribution in [1.82, 2.24) is 108 Å². The highest BCUT2D eigenvalue weighted by Crippen LogP contribution is 2.31. The van der Waals surface area contributed by atoms with E-state index in [9.17, 15) is 78.3 Å². The Morgan fingerprint density at radius 3 is 1.85 bits per heavy atom. The van der Waals surface area contributed by atoms with Gasteiger partial charge in [0.15, 0.2) is 5.82 Å². The molecule has 3 aliphatic heterocycles. The Labute approximate surface area is 796 Å². The number of nitrogens with zero attached hydrogens (tertiary/aromatic N) is 9. The highest BCUT2D eigenvalue weighted by molar-refractivity contribution is 8.00. The molecule has 0 spiro atoms. The van der Waals surface area contributed by atoms with Gasteiger partial charge in [-0.25, -0.2) is 9.67 Å². The van der Waals surface area contributed by atoms with Gasteiger partial charge in [0.2, 0.25) is 94.5 Å². The number of likely N-dealkylation sites (N-methyl/N-ethyl adjacent to an activating group) is 2. The lowest BCUT2D eigenvalue weighted by Crippen LogP contribution is -2.60. The van der Waals surface area contributed by atoms with Crippen LogP contribution in [0.15, 0.2) is 110 Å². The number of unbranched alkanes of at least 4 members (excludes halogenated alkanes) is 3. The maximum Gasteiger partial charge on any atom is 0.305 e. The lowest BCUT2D eigenvalue weighted by molar-refractivity contribution is -0.147. The first-order valence-corrected chi connectivity index (χ1v) is 46.7. The number of thioether (sulfide) groups is 1. The van der Waals surface area contributed by atoms with E-state index in [1.165, 1.54) is 55.4 Å². The number of nitrogens with two attached hydrogens (primary N) is 2. The number of amides is 16. The van der Waals surface area contributed by atoms with E-state index >= 15 is 33.6 Å². The number of para-hydroxylation sites is 1. The number of phenols is 1. The second-order valence-corrected chi connectivity index (χ2v) is 35.4. The predicted octanol–water partition coefficient (Wildman–Crippen LogP) is -2.37. The van der Waals surface area contributed by atoms with E-state index in [1.807, 2.05) is 38.1 Å². The fourth-order valence-electron chi connectivity index (χ4n) is 16.8. The molecule has 2 fully saturated rings. The molecule has 3 aromatic heterocycles. The summed E-state index contributed by atoms with van der Waals surface area (Å²) >= 11 is 0.695. The molecule has 742 valence electrons. The number of hydrogen-bond donors (Lipinski definition) is 19. The Morgan fingerprint density at radius 2 is 1.17 bits per heavy atom. The van der Waals surface area contributed by atoms with Crippen LogP contribution >= 0.6 is 11.8 Å². The van der Waals surface area contributed by atoms with Crippen molar-refractivity contribution in [3.05, 3.63) is 138 Å². The average Bonchev–Trinajstić information content (AvgIpc) is 1.02. The number of tetrazole rings is 1. The monoisotopic (exact) mass is 1930 g/mol. The molecule has 4 aromatic carbocycles. The maximum atomic E-state index is 15.8. The highest BCUT2D eigenvalue weighted by atomic mass is 32.2. The maximum absolute atomic E-state index is 15.8. The normalized spacial score (nSPS) is 24.2. The van der Waals surface area contributed by atoms with Crippen LogP contribution in [-0.4, -0.2) is 317 Å². The Kier molecular flexibility index (Phi) is 38.5. The van der Waals surface area contributed by atoms with Gasteiger partial charge < -0.3 is 120 Å². The van der Waals surface area contributed by atoms with Gasteiger partial charge in [0.1, 0.15) is 84.3 Å². The van der Waals surface area contributed by atoms with Crippen LogP contribution in [0, 0.1) is 0 Å². The Bertz CT molecular complexity index is 5540. The number of carbonyl (C=O) groups excluding carboxylic acids is 16. The molecule has 3 aliphatic rings. The molecule has 46 nitrogen and oxygen atoms in total. The molecule has 16 amide bonds. The number of aromatic hydroxyl groups is 1. The number of aliphatic hydroxyl groups excluding tert-OH is 2. The number of phenolic OH excluding ortho intramolecular Hbond substituents is 1. The molecule has 15 atom stereocenters. The van der Waals surface area contributed by atoms with Crippen molar-refractivity contribution in [3.8, 4) is 5.75 Å². The third kappa shape index (κ3) is 28.8. The summed E-state index contributed by atoms with van der Waals surface area (Å²) < 4.78 is 1.18. The molecule has 2 saturated heterocycles. The smallest absolute Gasteiger partial charge is 0.305 e. The first-order chi connectivity index (χ1) is 65.9. The van der Waals surface area contributed by atoms with Crippen LogP contribution < -0.4 is 64.6 Å². The zero-order valence-corrected chi connectivity index (χ0v) is 77.7. The number of fused-ring (bicyclic) bond motifs is 5. The van der Waals surface area contributed by atoms with E-state index in [0.29, 0.717) is 76.8 Å². The van der Waals surface area contributed by atoms with Crippen LogP contribution in [0.3, 0.4) is 0 Å². The first-order valence-electron chi connectivity index (χ1n) is 45.5. The van der Waals surface area contributed by atoms with Gasteiger partial charge in [-0.1, -0.05) is 119 Å². The molecule has 0 saturated carbocycles. The second kappa shape index (κ2) is 50.4. The van der Waals surface area contributed by atoms with E-state index in [4.69, 9.17) is 11.5 Å².